The molecule has 1 saturated heterocycles. The van der Waals surface area contributed by atoms with Gasteiger partial charge in [-0.15, -0.1) is 6.58 Å². The van der Waals surface area contributed by atoms with Crippen LogP contribution in [0, 0.1) is 12.7 Å². The van der Waals surface area contributed by atoms with Crippen LogP contribution in [0.1, 0.15) is 30.0 Å². The van der Waals surface area contributed by atoms with E-state index in [9.17, 15) is 4.39 Å². The molecule has 0 aromatic heterocycles. The van der Waals surface area contributed by atoms with Crippen molar-refractivity contribution in [3.05, 3.63) is 47.8 Å². The number of hydrogen-bond acceptors (Lipinski definition) is 2. The SMILES string of the molecule is C=CCC[C@H](c1ccc(C)cc1F)N1CCNCC1. The molecule has 0 saturated carbocycles. The van der Waals surface area contributed by atoms with Crippen molar-refractivity contribution in [3.8, 4) is 0 Å². The number of allylic oxidation sites excluding steroid dienone is 1. The number of benzene rings is 1. The Morgan fingerprint density at radius 1 is 1.42 bits per heavy atom. The normalized spacial score (nSPS) is 18.2. The van der Waals surface area contributed by atoms with E-state index < -0.39 is 0 Å². The molecule has 0 amide bonds. The fraction of sp³-hybridized carbons (Fsp3) is 0.500. The fourth-order valence-corrected chi connectivity index (χ4v) is 2.71. The third kappa shape index (κ3) is 3.64. The van der Waals surface area contributed by atoms with Crippen molar-refractivity contribution >= 4 is 0 Å². The van der Waals surface area contributed by atoms with E-state index in [0.717, 1.165) is 50.1 Å². The Hall–Kier alpha value is -1.19. The monoisotopic (exact) mass is 262 g/mol. The molecule has 0 radical (unpaired) electrons. The van der Waals surface area contributed by atoms with Crippen LogP contribution in [-0.2, 0) is 0 Å². The first kappa shape index (κ1) is 14.2. The van der Waals surface area contributed by atoms with Crippen LogP contribution in [0.2, 0.25) is 0 Å². The minimum Gasteiger partial charge on any atom is -0.314 e. The van der Waals surface area contributed by atoms with Gasteiger partial charge in [-0.05, 0) is 31.4 Å². The molecule has 3 heteroatoms. The van der Waals surface area contributed by atoms with Gasteiger partial charge in [0.1, 0.15) is 5.82 Å². The summed E-state index contributed by atoms with van der Waals surface area (Å²) >= 11 is 0. The van der Waals surface area contributed by atoms with Gasteiger partial charge in [0, 0.05) is 37.8 Å². The standard InChI is InChI=1S/C16H23FN2/c1-3-4-5-16(19-10-8-18-9-11-19)14-7-6-13(2)12-15(14)17/h3,6-7,12,16,18H,1,4-5,8-11H2,2H3/t16-/m1/s1. The van der Waals surface area contributed by atoms with E-state index in [-0.39, 0.29) is 11.9 Å². The van der Waals surface area contributed by atoms with Crippen molar-refractivity contribution in [2.24, 2.45) is 0 Å². The van der Waals surface area contributed by atoms with E-state index in [1.165, 1.54) is 0 Å². The first-order chi connectivity index (χ1) is 9.22. The highest BCUT2D eigenvalue weighted by molar-refractivity contribution is 5.26. The summed E-state index contributed by atoms with van der Waals surface area (Å²) in [6.45, 7) is 9.64. The van der Waals surface area contributed by atoms with E-state index in [1.807, 2.05) is 25.1 Å². The fourth-order valence-electron chi connectivity index (χ4n) is 2.71. The second-order valence-corrected chi connectivity index (χ2v) is 5.19. The zero-order valence-electron chi connectivity index (χ0n) is 11.7. The van der Waals surface area contributed by atoms with Gasteiger partial charge in [0.25, 0.3) is 0 Å². The van der Waals surface area contributed by atoms with Gasteiger partial charge in [0.2, 0.25) is 0 Å². The van der Waals surface area contributed by atoms with Crippen LogP contribution < -0.4 is 5.32 Å². The molecule has 1 aliphatic rings. The first-order valence-corrected chi connectivity index (χ1v) is 7.04. The lowest BCUT2D eigenvalue weighted by Crippen LogP contribution is -2.45. The molecule has 1 aromatic rings. The molecule has 1 aromatic carbocycles. The number of hydrogen-bond donors (Lipinski definition) is 1. The van der Waals surface area contributed by atoms with E-state index in [4.69, 9.17) is 0 Å². The number of nitrogens with one attached hydrogen (secondary N) is 1. The molecule has 1 heterocycles. The molecule has 0 unspecified atom stereocenters. The average molecular weight is 262 g/mol. The minimum atomic E-state index is -0.0763. The van der Waals surface area contributed by atoms with Gasteiger partial charge in [-0.1, -0.05) is 18.2 Å². The molecular weight excluding hydrogens is 239 g/mol. The minimum absolute atomic E-state index is 0.0763. The summed E-state index contributed by atoms with van der Waals surface area (Å²) in [5.41, 5.74) is 1.80. The Kier molecular flexibility index (Phi) is 5.11. The van der Waals surface area contributed by atoms with Gasteiger partial charge in [0.15, 0.2) is 0 Å². The zero-order valence-corrected chi connectivity index (χ0v) is 11.7. The van der Waals surface area contributed by atoms with Crippen LogP contribution in [0.3, 0.4) is 0 Å². The van der Waals surface area contributed by atoms with E-state index in [2.05, 4.69) is 16.8 Å². The third-order valence-corrected chi connectivity index (χ3v) is 3.75. The quantitative estimate of drug-likeness (QED) is 0.821. The maximum absolute atomic E-state index is 14.2. The number of halogens is 1. The van der Waals surface area contributed by atoms with Crippen LogP contribution >= 0.6 is 0 Å². The van der Waals surface area contributed by atoms with Gasteiger partial charge in [-0.3, -0.25) is 4.90 Å². The van der Waals surface area contributed by atoms with Gasteiger partial charge < -0.3 is 5.32 Å². The second kappa shape index (κ2) is 6.83. The van der Waals surface area contributed by atoms with Crippen molar-refractivity contribution in [2.75, 3.05) is 26.2 Å². The predicted molar refractivity (Wildman–Crippen MR) is 77.8 cm³/mol. The number of aryl methyl sites for hydroxylation is 1. The van der Waals surface area contributed by atoms with Crippen LogP contribution in [-0.4, -0.2) is 31.1 Å². The van der Waals surface area contributed by atoms with Gasteiger partial charge >= 0.3 is 0 Å². The molecular formula is C16H23FN2. The summed E-state index contributed by atoms with van der Waals surface area (Å²) in [5, 5.41) is 3.35. The first-order valence-electron chi connectivity index (χ1n) is 7.04. The molecule has 0 bridgehead atoms. The summed E-state index contributed by atoms with van der Waals surface area (Å²) in [5.74, 6) is -0.0763. The van der Waals surface area contributed by atoms with E-state index >= 15 is 0 Å². The average Bonchev–Trinajstić information content (AvgIpc) is 2.42. The Morgan fingerprint density at radius 2 is 2.16 bits per heavy atom. The largest absolute Gasteiger partial charge is 0.314 e. The second-order valence-electron chi connectivity index (χ2n) is 5.19. The van der Waals surface area contributed by atoms with Crippen molar-refractivity contribution in [3.63, 3.8) is 0 Å². The molecule has 1 fully saturated rings. The smallest absolute Gasteiger partial charge is 0.128 e. The highest BCUT2D eigenvalue weighted by Gasteiger charge is 2.23. The molecule has 0 aliphatic carbocycles. The lowest BCUT2D eigenvalue weighted by Gasteiger charge is -2.35. The van der Waals surface area contributed by atoms with Crippen LogP contribution in [0.5, 0.6) is 0 Å². The lowest BCUT2D eigenvalue weighted by atomic mass is 9.98. The summed E-state index contributed by atoms with van der Waals surface area (Å²) in [6.07, 6.45) is 3.77. The lowest BCUT2D eigenvalue weighted by molar-refractivity contribution is 0.163. The Morgan fingerprint density at radius 3 is 2.79 bits per heavy atom. The van der Waals surface area contributed by atoms with Crippen molar-refractivity contribution in [2.45, 2.75) is 25.8 Å². The molecule has 2 nitrogen and oxygen atoms in total. The van der Waals surface area contributed by atoms with Gasteiger partial charge in [-0.25, -0.2) is 4.39 Å². The molecule has 2 rings (SSSR count). The Labute approximate surface area is 115 Å². The van der Waals surface area contributed by atoms with E-state index in [0.29, 0.717) is 0 Å². The summed E-state index contributed by atoms with van der Waals surface area (Å²) in [4.78, 5) is 2.38. The van der Waals surface area contributed by atoms with Crippen LogP contribution in [0.25, 0.3) is 0 Å². The highest BCUT2D eigenvalue weighted by atomic mass is 19.1. The topological polar surface area (TPSA) is 15.3 Å². The van der Waals surface area contributed by atoms with Gasteiger partial charge in [-0.2, -0.15) is 0 Å². The van der Waals surface area contributed by atoms with Crippen molar-refractivity contribution in [1.29, 1.82) is 0 Å². The number of nitrogens with zero attached hydrogens (tertiary/aromatic N) is 1. The molecule has 104 valence electrons. The summed E-state index contributed by atoms with van der Waals surface area (Å²) < 4.78 is 14.2. The third-order valence-electron chi connectivity index (χ3n) is 3.75. The summed E-state index contributed by atoms with van der Waals surface area (Å²) in [6, 6.07) is 5.75. The van der Waals surface area contributed by atoms with Crippen molar-refractivity contribution in [1.82, 2.24) is 10.2 Å². The summed E-state index contributed by atoms with van der Waals surface area (Å²) in [7, 11) is 0. The van der Waals surface area contributed by atoms with Crippen LogP contribution in [0.15, 0.2) is 30.9 Å². The number of rotatable bonds is 5. The predicted octanol–water partition coefficient (Wildman–Crippen LogP) is 3.05. The van der Waals surface area contributed by atoms with Gasteiger partial charge in [0.05, 0.1) is 0 Å². The molecule has 1 N–H and O–H groups in total. The van der Waals surface area contributed by atoms with Crippen LogP contribution in [0.4, 0.5) is 4.39 Å². The molecule has 0 spiro atoms. The maximum atomic E-state index is 14.2. The molecule has 1 atom stereocenters. The van der Waals surface area contributed by atoms with E-state index in [1.54, 1.807) is 6.07 Å². The Balaban J connectivity index is 2.22. The Bertz CT molecular complexity index is 425. The molecule has 1 aliphatic heterocycles. The molecule has 19 heavy (non-hydrogen) atoms. The van der Waals surface area contributed by atoms with Crippen molar-refractivity contribution < 1.29 is 4.39 Å². The zero-order chi connectivity index (χ0) is 13.7. The maximum Gasteiger partial charge on any atom is 0.128 e. The highest BCUT2D eigenvalue weighted by Crippen LogP contribution is 2.28. The number of piperazine rings is 1.